The molecule has 2 N–H and O–H groups in total. The molecule has 2 amide bonds. The van der Waals surface area contributed by atoms with Crippen LogP contribution in [0.25, 0.3) is 11.0 Å². The van der Waals surface area contributed by atoms with Crippen LogP contribution in [0.2, 0.25) is 0 Å². The average molecular weight is 355 g/mol. The number of thiazole rings is 1. The van der Waals surface area contributed by atoms with Crippen molar-refractivity contribution >= 4 is 39.3 Å². The number of rotatable bonds is 2. The van der Waals surface area contributed by atoms with Crippen molar-refractivity contribution in [3.8, 4) is 0 Å². The number of aryl methyl sites for hydroxylation is 1. The number of carbonyl (C=O) groups is 2. The molecule has 2 aromatic heterocycles. The number of aromatic nitrogens is 1. The van der Waals surface area contributed by atoms with Gasteiger partial charge in [-0.1, -0.05) is 29.5 Å². The van der Waals surface area contributed by atoms with Crippen LogP contribution in [0.1, 0.15) is 32.1 Å². The van der Waals surface area contributed by atoms with E-state index >= 15 is 0 Å². The van der Waals surface area contributed by atoms with Crippen molar-refractivity contribution in [1.29, 1.82) is 0 Å². The van der Waals surface area contributed by atoms with E-state index in [0.29, 0.717) is 39.6 Å². The number of carbonyl (C=O) groups excluding carboxylic acids is 2. The quantitative estimate of drug-likeness (QED) is 0.686. The minimum atomic E-state index is -0.716. The Bertz CT molecular complexity index is 1050. The molecule has 1 aliphatic heterocycles. The van der Waals surface area contributed by atoms with Crippen LogP contribution in [0.3, 0.4) is 0 Å². The van der Waals surface area contributed by atoms with Gasteiger partial charge in [-0.3, -0.25) is 14.9 Å². The molecule has 1 aliphatic rings. The lowest BCUT2D eigenvalue weighted by atomic mass is 10.2. The number of nitrogens with one attached hydrogen (secondary N) is 2. The molecule has 0 spiro atoms. The third-order valence-electron chi connectivity index (χ3n) is 3.89. The topological polar surface area (TPSA) is 101 Å². The Labute approximate surface area is 145 Å². The summed E-state index contributed by atoms with van der Waals surface area (Å²) in [5.41, 5.74) is 0.267. The number of nitrogens with zero attached hydrogens (tertiary/aromatic N) is 1. The van der Waals surface area contributed by atoms with Crippen molar-refractivity contribution in [1.82, 2.24) is 10.3 Å². The van der Waals surface area contributed by atoms with Gasteiger partial charge in [0.15, 0.2) is 5.13 Å². The Kier molecular flexibility index (Phi) is 3.81. The molecular formula is C17H13N3O4S. The van der Waals surface area contributed by atoms with Crippen molar-refractivity contribution in [3.63, 3.8) is 0 Å². The van der Waals surface area contributed by atoms with Crippen LogP contribution < -0.4 is 16.3 Å². The third kappa shape index (κ3) is 2.91. The summed E-state index contributed by atoms with van der Waals surface area (Å²) >= 11 is 1.10. The van der Waals surface area contributed by atoms with Gasteiger partial charge in [0.05, 0.1) is 5.69 Å². The van der Waals surface area contributed by atoms with Crippen LogP contribution in [-0.2, 0) is 6.42 Å². The minimum Gasteiger partial charge on any atom is -0.422 e. The summed E-state index contributed by atoms with van der Waals surface area (Å²) in [5.74, 6) is -0.792. The van der Waals surface area contributed by atoms with Gasteiger partial charge in [-0.25, -0.2) is 9.78 Å². The maximum Gasteiger partial charge on any atom is 0.349 e. The van der Waals surface area contributed by atoms with Gasteiger partial charge in [-0.2, -0.15) is 0 Å². The van der Waals surface area contributed by atoms with Gasteiger partial charge < -0.3 is 9.73 Å². The standard InChI is InChI=1S/C17H13N3O4S/c21-14(10-8-9-4-1-2-6-12(9)24-16(10)23)20-17-19-11-5-3-7-18-15(22)13(11)25-17/h1-2,4,6,8H,3,5,7H2,(H,18,22)(H,19,20,21). The van der Waals surface area contributed by atoms with E-state index in [-0.39, 0.29) is 11.5 Å². The Hall–Kier alpha value is -3.00. The molecule has 1 aromatic carbocycles. The van der Waals surface area contributed by atoms with Crippen LogP contribution in [0.15, 0.2) is 39.5 Å². The normalized spacial score (nSPS) is 13.8. The molecule has 7 nitrogen and oxygen atoms in total. The summed E-state index contributed by atoms with van der Waals surface area (Å²) in [5, 5.41) is 6.32. The molecular weight excluding hydrogens is 342 g/mol. The van der Waals surface area contributed by atoms with Crippen molar-refractivity contribution in [2.24, 2.45) is 0 Å². The fourth-order valence-corrected chi connectivity index (χ4v) is 3.60. The van der Waals surface area contributed by atoms with E-state index in [0.717, 1.165) is 17.8 Å². The number of fused-ring (bicyclic) bond motifs is 2. The van der Waals surface area contributed by atoms with Gasteiger partial charge in [-0.15, -0.1) is 0 Å². The number of amides is 2. The summed E-state index contributed by atoms with van der Waals surface area (Å²) in [7, 11) is 0. The molecule has 0 aliphatic carbocycles. The lowest BCUT2D eigenvalue weighted by Crippen LogP contribution is -2.21. The highest BCUT2D eigenvalue weighted by molar-refractivity contribution is 7.17. The molecule has 0 saturated heterocycles. The predicted octanol–water partition coefficient (Wildman–Crippen LogP) is 2.18. The van der Waals surface area contributed by atoms with Gasteiger partial charge in [0, 0.05) is 11.9 Å². The van der Waals surface area contributed by atoms with E-state index in [2.05, 4.69) is 15.6 Å². The smallest absolute Gasteiger partial charge is 0.349 e. The molecule has 0 radical (unpaired) electrons. The van der Waals surface area contributed by atoms with Gasteiger partial charge >= 0.3 is 5.63 Å². The first-order chi connectivity index (χ1) is 12.1. The van der Waals surface area contributed by atoms with E-state index in [9.17, 15) is 14.4 Å². The SMILES string of the molecule is O=C1NCCCc2nc(NC(=O)c3cc4ccccc4oc3=O)sc21. The monoisotopic (exact) mass is 355 g/mol. The van der Waals surface area contributed by atoms with Gasteiger partial charge in [0.1, 0.15) is 16.0 Å². The largest absolute Gasteiger partial charge is 0.422 e. The lowest BCUT2D eigenvalue weighted by Gasteiger charge is -2.02. The zero-order valence-corrected chi connectivity index (χ0v) is 13.8. The highest BCUT2D eigenvalue weighted by atomic mass is 32.1. The average Bonchev–Trinajstić information content (AvgIpc) is 2.92. The molecule has 0 fully saturated rings. The van der Waals surface area contributed by atoms with E-state index < -0.39 is 11.5 Å². The highest BCUT2D eigenvalue weighted by Crippen LogP contribution is 2.26. The Morgan fingerprint density at radius 3 is 3.00 bits per heavy atom. The van der Waals surface area contributed by atoms with Gasteiger partial charge in [0.25, 0.3) is 11.8 Å². The Balaban J connectivity index is 1.65. The molecule has 4 rings (SSSR count). The second kappa shape index (κ2) is 6.14. The van der Waals surface area contributed by atoms with E-state index in [1.54, 1.807) is 24.3 Å². The number of hydrogen-bond donors (Lipinski definition) is 2. The number of benzene rings is 1. The van der Waals surface area contributed by atoms with Crippen molar-refractivity contribution in [2.45, 2.75) is 12.8 Å². The third-order valence-corrected chi connectivity index (χ3v) is 4.90. The fourth-order valence-electron chi connectivity index (χ4n) is 2.67. The number of para-hydroxylation sites is 1. The van der Waals surface area contributed by atoms with E-state index in [1.165, 1.54) is 6.07 Å². The van der Waals surface area contributed by atoms with E-state index in [4.69, 9.17) is 4.42 Å². The van der Waals surface area contributed by atoms with E-state index in [1.807, 2.05) is 0 Å². The molecule has 0 bridgehead atoms. The molecule has 3 heterocycles. The van der Waals surface area contributed by atoms with Crippen molar-refractivity contribution in [2.75, 3.05) is 11.9 Å². The van der Waals surface area contributed by atoms with Crippen LogP contribution >= 0.6 is 11.3 Å². The lowest BCUT2D eigenvalue weighted by molar-refractivity contribution is 0.0958. The molecule has 25 heavy (non-hydrogen) atoms. The Morgan fingerprint density at radius 2 is 2.12 bits per heavy atom. The first-order valence-corrected chi connectivity index (χ1v) is 8.55. The second-order valence-electron chi connectivity index (χ2n) is 5.59. The predicted molar refractivity (Wildman–Crippen MR) is 93.2 cm³/mol. The van der Waals surface area contributed by atoms with Gasteiger partial charge in [-0.05, 0) is 25.0 Å². The minimum absolute atomic E-state index is 0.103. The molecule has 126 valence electrons. The first-order valence-electron chi connectivity index (χ1n) is 7.74. The maximum absolute atomic E-state index is 12.4. The summed E-state index contributed by atoms with van der Waals surface area (Å²) in [6, 6.07) is 8.45. The summed E-state index contributed by atoms with van der Waals surface area (Å²) in [4.78, 5) is 41.3. The van der Waals surface area contributed by atoms with Crippen LogP contribution in [0.5, 0.6) is 0 Å². The molecule has 0 unspecified atom stereocenters. The van der Waals surface area contributed by atoms with Crippen LogP contribution in [-0.4, -0.2) is 23.3 Å². The van der Waals surface area contributed by atoms with Crippen molar-refractivity contribution in [3.05, 3.63) is 56.9 Å². The first kappa shape index (κ1) is 15.5. The highest BCUT2D eigenvalue weighted by Gasteiger charge is 2.22. The molecule has 3 aromatic rings. The molecule has 0 atom stereocenters. The van der Waals surface area contributed by atoms with Crippen LogP contribution in [0.4, 0.5) is 5.13 Å². The van der Waals surface area contributed by atoms with Crippen molar-refractivity contribution < 1.29 is 14.0 Å². The summed E-state index contributed by atoms with van der Waals surface area (Å²) in [6.45, 7) is 0.613. The Morgan fingerprint density at radius 1 is 1.28 bits per heavy atom. The second-order valence-corrected chi connectivity index (χ2v) is 6.59. The zero-order valence-electron chi connectivity index (χ0n) is 13.0. The number of anilines is 1. The summed E-state index contributed by atoms with van der Waals surface area (Å²) in [6.07, 6.45) is 1.46. The molecule has 8 heteroatoms. The summed E-state index contributed by atoms with van der Waals surface area (Å²) < 4.78 is 5.17. The maximum atomic E-state index is 12.4. The van der Waals surface area contributed by atoms with Gasteiger partial charge in [0.2, 0.25) is 0 Å². The molecule has 0 saturated carbocycles. The zero-order chi connectivity index (χ0) is 17.4. The fraction of sp³-hybridized carbons (Fsp3) is 0.176. The van der Waals surface area contributed by atoms with Crippen LogP contribution in [0, 0.1) is 0 Å². The number of hydrogen-bond acceptors (Lipinski definition) is 6.